The van der Waals surface area contributed by atoms with E-state index in [-0.39, 0.29) is 23.2 Å². The lowest BCUT2D eigenvalue weighted by Crippen LogP contribution is -2.46. The molecule has 2 heterocycles. The fraction of sp³-hybridized carbons (Fsp3) is 0.538. The van der Waals surface area contributed by atoms with Gasteiger partial charge in [0.05, 0.1) is 22.9 Å². The van der Waals surface area contributed by atoms with Gasteiger partial charge in [-0.2, -0.15) is 0 Å². The first-order valence-electron chi connectivity index (χ1n) is 12.3. The molecule has 0 spiro atoms. The second-order valence-electron chi connectivity index (χ2n) is 10.3. The number of alkyl halides is 2. The van der Waals surface area contributed by atoms with Gasteiger partial charge in [0.2, 0.25) is 0 Å². The Balaban J connectivity index is 1.43. The van der Waals surface area contributed by atoms with Crippen molar-refractivity contribution in [3.63, 3.8) is 0 Å². The quantitative estimate of drug-likeness (QED) is 0.602. The Morgan fingerprint density at radius 2 is 1.74 bits per heavy atom. The fourth-order valence-electron chi connectivity index (χ4n) is 5.78. The molecular weight excluding hydrogens is 457 g/mol. The van der Waals surface area contributed by atoms with Gasteiger partial charge in [-0.25, -0.2) is 13.2 Å². The van der Waals surface area contributed by atoms with Gasteiger partial charge in [0.25, 0.3) is 17.9 Å². The number of pyridine rings is 1. The number of amides is 1. The highest BCUT2D eigenvalue weighted by atomic mass is 19.3. The summed E-state index contributed by atoms with van der Waals surface area (Å²) in [5.41, 5.74) is -0.0620. The van der Waals surface area contributed by atoms with Crippen LogP contribution in [0.2, 0.25) is 0 Å². The Morgan fingerprint density at radius 3 is 2.37 bits per heavy atom. The smallest absolute Gasteiger partial charge is 0.266 e. The minimum atomic E-state index is -2.94. The monoisotopic (exact) mass is 488 g/mol. The van der Waals surface area contributed by atoms with Gasteiger partial charge >= 0.3 is 0 Å². The molecule has 1 amide bonds. The fourth-order valence-corrected chi connectivity index (χ4v) is 5.78. The summed E-state index contributed by atoms with van der Waals surface area (Å²) in [5.74, 6) is -0.618. The molecule has 1 aromatic heterocycles. The molecule has 3 aliphatic rings. The topological polar surface area (TPSA) is 66.4 Å². The lowest BCUT2D eigenvalue weighted by Gasteiger charge is -2.37. The van der Waals surface area contributed by atoms with Crippen molar-refractivity contribution in [3.05, 3.63) is 63.3 Å². The van der Waals surface area contributed by atoms with Crippen molar-refractivity contribution in [2.45, 2.75) is 57.2 Å². The Kier molecular flexibility index (Phi) is 6.38. The first-order chi connectivity index (χ1) is 16.7. The molecule has 1 aromatic carbocycles. The number of hydrogen-bond donors (Lipinski definition) is 2. The Hall–Kier alpha value is -2.81. The molecule has 9 heteroatoms. The largest absolute Gasteiger partial charge is 0.381 e. The number of hydrogen-bond acceptors (Lipinski definition) is 4. The number of carbonyl (C=O) groups excluding carboxylic acids is 1. The molecule has 4 atom stereocenters. The minimum Gasteiger partial charge on any atom is -0.381 e. The van der Waals surface area contributed by atoms with Gasteiger partial charge in [0.1, 0.15) is 5.82 Å². The normalized spacial score (nSPS) is 25.0. The maximum atomic E-state index is 14.7. The average Bonchev–Trinajstić information content (AvgIpc) is 3.60. The number of anilines is 1. The van der Waals surface area contributed by atoms with E-state index in [4.69, 9.17) is 0 Å². The van der Waals surface area contributed by atoms with Crippen LogP contribution in [-0.2, 0) is 0 Å². The molecule has 2 N–H and O–H groups in total. The second-order valence-corrected chi connectivity index (χ2v) is 10.3. The molecule has 2 aliphatic carbocycles. The Bertz CT molecular complexity index is 1170. The van der Waals surface area contributed by atoms with Gasteiger partial charge in [-0.15, -0.1) is 0 Å². The van der Waals surface area contributed by atoms with Gasteiger partial charge in [-0.05, 0) is 51.5 Å². The van der Waals surface area contributed by atoms with Crippen molar-refractivity contribution in [3.8, 4) is 0 Å². The van der Waals surface area contributed by atoms with Crippen LogP contribution < -0.4 is 16.2 Å². The summed E-state index contributed by atoms with van der Waals surface area (Å²) < 4.78 is 42.6. The zero-order valence-electron chi connectivity index (χ0n) is 19.9. The second kappa shape index (κ2) is 9.33. The van der Waals surface area contributed by atoms with E-state index in [0.717, 1.165) is 44.8 Å². The van der Waals surface area contributed by atoms with E-state index in [1.165, 1.54) is 18.2 Å². The van der Waals surface area contributed by atoms with Crippen LogP contribution in [0.15, 0.2) is 35.3 Å². The van der Waals surface area contributed by atoms with Crippen LogP contribution in [0.25, 0.3) is 0 Å². The summed E-state index contributed by atoms with van der Waals surface area (Å²) in [6.45, 7) is 3.49. The van der Waals surface area contributed by atoms with E-state index in [2.05, 4.69) is 22.6 Å². The standard InChI is InChI=1S/C26H31F3N4O2/c1-14(18-4-3-5-19(23(18)27)25(28)29)30-26(35)20-13-33(17-8-9-17)22(34)10-21(20)31-24-15-6-7-16(24)12-32(2)11-15/h3-5,10,13-17,24-25,31H,6-9,11-12H2,1-2H3,(H,30,35)/t14-,15-,16+,24?/m1/s1. The van der Waals surface area contributed by atoms with Crippen LogP contribution in [0.3, 0.4) is 0 Å². The SMILES string of the molecule is C[C@@H](NC(=O)c1cn(C2CC2)c(=O)cc1NC1[C@@H]2CC[C@H]1CN(C)C2)c1cccc(C(F)F)c1F. The molecule has 2 aromatic rings. The molecule has 1 saturated heterocycles. The number of halogens is 3. The predicted molar refractivity (Wildman–Crippen MR) is 127 cm³/mol. The number of fused-ring (bicyclic) bond motifs is 2. The highest BCUT2D eigenvalue weighted by Gasteiger charge is 2.41. The summed E-state index contributed by atoms with van der Waals surface area (Å²) in [7, 11) is 2.11. The Labute approximate surface area is 202 Å². The molecular formula is C26H31F3N4O2. The summed E-state index contributed by atoms with van der Waals surface area (Å²) in [4.78, 5) is 28.6. The first kappa shape index (κ1) is 23.9. The highest BCUT2D eigenvalue weighted by Crippen LogP contribution is 2.39. The lowest BCUT2D eigenvalue weighted by atomic mass is 9.92. The van der Waals surface area contributed by atoms with E-state index in [9.17, 15) is 22.8 Å². The summed E-state index contributed by atoms with van der Waals surface area (Å²) in [6.07, 6.45) is 2.62. The molecule has 1 aliphatic heterocycles. The molecule has 5 rings (SSSR count). The maximum absolute atomic E-state index is 14.7. The summed E-state index contributed by atoms with van der Waals surface area (Å²) in [5, 5.41) is 6.28. The minimum absolute atomic E-state index is 0.00506. The van der Waals surface area contributed by atoms with Crippen molar-refractivity contribution < 1.29 is 18.0 Å². The van der Waals surface area contributed by atoms with Crippen LogP contribution in [0.5, 0.6) is 0 Å². The van der Waals surface area contributed by atoms with Gasteiger partial charge in [0.15, 0.2) is 0 Å². The van der Waals surface area contributed by atoms with Crippen molar-refractivity contribution in [1.82, 2.24) is 14.8 Å². The van der Waals surface area contributed by atoms with Gasteiger partial charge in [-0.1, -0.05) is 18.2 Å². The first-order valence-corrected chi connectivity index (χ1v) is 12.3. The third kappa shape index (κ3) is 4.70. The predicted octanol–water partition coefficient (Wildman–Crippen LogP) is 4.50. The van der Waals surface area contributed by atoms with Crippen LogP contribution in [0, 0.1) is 17.7 Å². The van der Waals surface area contributed by atoms with Gasteiger partial charge in [-0.3, -0.25) is 9.59 Å². The van der Waals surface area contributed by atoms with E-state index in [1.54, 1.807) is 17.7 Å². The lowest BCUT2D eigenvalue weighted by molar-refractivity contribution is 0.0939. The maximum Gasteiger partial charge on any atom is 0.266 e. The van der Waals surface area contributed by atoms with Crippen molar-refractivity contribution >= 4 is 11.6 Å². The van der Waals surface area contributed by atoms with Crippen LogP contribution >= 0.6 is 0 Å². The van der Waals surface area contributed by atoms with E-state index in [1.807, 2.05) is 0 Å². The molecule has 35 heavy (non-hydrogen) atoms. The number of nitrogens with zero attached hydrogens (tertiary/aromatic N) is 2. The molecule has 3 fully saturated rings. The zero-order chi connectivity index (χ0) is 24.9. The van der Waals surface area contributed by atoms with Gasteiger partial charge < -0.3 is 20.1 Å². The van der Waals surface area contributed by atoms with Crippen molar-refractivity contribution in [1.29, 1.82) is 0 Å². The Morgan fingerprint density at radius 1 is 1.09 bits per heavy atom. The zero-order valence-corrected chi connectivity index (χ0v) is 19.9. The van der Waals surface area contributed by atoms with Crippen molar-refractivity contribution in [2.24, 2.45) is 11.8 Å². The third-order valence-electron chi connectivity index (χ3n) is 7.71. The molecule has 0 radical (unpaired) electrons. The van der Waals surface area contributed by atoms with E-state index in [0.29, 0.717) is 23.1 Å². The molecule has 2 bridgehead atoms. The number of likely N-dealkylation sites (tertiary alicyclic amines) is 1. The number of nitrogens with one attached hydrogen (secondary N) is 2. The molecule has 2 saturated carbocycles. The molecule has 1 unspecified atom stereocenters. The van der Waals surface area contributed by atoms with Crippen LogP contribution in [0.4, 0.5) is 18.9 Å². The molecule has 6 nitrogen and oxygen atoms in total. The number of piperidine rings is 1. The molecule has 188 valence electrons. The summed E-state index contributed by atoms with van der Waals surface area (Å²) >= 11 is 0. The third-order valence-corrected chi connectivity index (χ3v) is 7.71. The number of rotatable bonds is 7. The van der Waals surface area contributed by atoms with E-state index < -0.39 is 29.8 Å². The van der Waals surface area contributed by atoms with Gasteiger partial charge in [0, 0.05) is 43.0 Å². The number of aromatic nitrogens is 1. The van der Waals surface area contributed by atoms with E-state index >= 15 is 0 Å². The number of benzene rings is 1. The van der Waals surface area contributed by atoms with Crippen molar-refractivity contribution in [2.75, 3.05) is 25.5 Å². The highest BCUT2D eigenvalue weighted by molar-refractivity contribution is 5.99. The van der Waals surface area contributed by atoms with Crippen LogP contribution in [0.1, 0.15) is 72.6 Å². The van der Waals surface area contributed by atoms with Crippen LogP contribution in [-0.4, -0.2) is 41.6 Å². The average molecular weight is 489 g/mol. The number of carbonyl (C=O) groups is 1. The summed E-state index contributed by atoms with van der Waals surface area (Å²) in [6, 6.07) is 4.71.